The summed E-state index contributed by atoms with van der Waals surface area (Å²) in [5.74, 6) is 0. The largest absolute Gasteiger partial charge is 0.444 e. The lowest BCUT2D eigenvalue weighted by atomic mass is 10.0. The van der Waals surface area contributed by atoms with Gasteiger partial charge in [-0.3, -0.25) is 0 Å². The van der Waals surface area contributed by atoms with Crippen molar-refractivity contribution < 1.29 is 9.53 Å². The van der Waals surface area contributed by atoms with Crippen LogP contribution in [0, 0.1) is 13.8 Å². The Morgan fingerprint density at radius 3 is 2.56 bits per heavy atom. The number of ether oxygens (including phenoxy) is 1. The first-order valence-corrected chi connectivity index (χ1v) is 12.4. The molecular formula is C27H33N7O2. The number of pyridine rings is 2. The van der Waals surface area contributed by atoms with Crippen LogP contribution >= 0.6 is 0 Å². The quantitative estimate of drug-likeness (QED) is 0.410. The molecule has 1 saturated heterocycles. The maximum absolute atomic E-state index is 12.4. The topological polar surface area (TPSA) is 88.8 Å². The summed E-state index contributed by atoms with van der Waals surface area (Å²) in [6.07, 6.45) is 5.33. The first-order valence-electron chi connectivity index (χ1n) is 12.4. The Bertz CT molecular complexity index is 1430. The number of rotatable bonds is 3. The van der Waals surface area contributed by atoms with Crippen molar-refractivity contribution in [3.63, 3.8) is 0 Å². The number of carbonyl (C=O) groups is 1. The lowest BCUT2D eigenvalue weighted by Crippen LogP contribution is -2.47. The third kappa shape index (κ3) is 4.82. The van der Waals surface area contributed by atoms with Gasteiger partial charge in [0.15, 0.2) is 11.3 Å². The second-order valence-electron chi connectivity index (χ2n) is 10.6. The van der Waals surface area contributed by atoms with Gasteiger partial charge in [0.25, 0.3) is 0 Å². The smallest absolute Gasteiger partial charge is 0.410 e. The van der Waals surface area contributed by atoms with Crippen LogP contribution in [-0.2, 0) is 4.74 Å². The SMILES string of the molecule is Cc1cn2nc(-c3ccc4cc(N(C)C5CCN(C(=O)OC(C)(C)C)CC5)cnc4n3)cc(C)c2n1. The molecule has 5 rings (SSSR count). The monoisotopic (exact) mass is 487 g/mol. The van der Waals surface area contributed by atoms with Crippen LogP contribution in [0.15, 0.2) is 36.7 Å². The molecule has 5 heterocycles. The number of amides is 1. The summed E-state index contributed by atoms with van der Waals surface area (Å²) in [6.45, 7) is 11.1. The third-order valence-corrected chi connectivity index (χ3v) is 6.59. The third-order valence-electron chi connectivity index (χ3n) is 6.59. The zero-order valence-corrected chi connectivity index (χ0v) is 21.8. The van der Waals surface area contributed by atoms with E-state index in [1.165, 1.54) is 0 Å². The molecule has 0 unspecified atom stereocenters. The zero-order chi connectivity index (χ0) is 25.6. The molecule has 4 aromatic rings. The van der Waals surface area contributed by atoms with E-state index in [2.05, 4.69) is 28.0 Å². The number of likely N-dealkylation sites (tertiary alicyclic amines) is 1. The maximum Gasteiger partial charge on any atom is 0.410 e. The van der Waals surface area contributed by atoms with Gasteiger partial charge in [-0.1, -0.05) is 0 Å². The van der Waals surface area contributed by atoms with Crippen LogP contribution in [0.3, 0.4) is 0 Å². The van der Waals surface area contributed by atoms with Gasteiger partial charge in [0.1, 0.15) is 11.3 Å². The normalized spacial score (nSPS) is 15.0. The van der Waals surface area contributed by atoms with E-state index in [9.17, 15) is 4.79 Å². The molecule has 188 valence electrons. The Balaban J connectivity index is 1.31. The summed E-state index contributed by atoms with van der Waals surface area (Å²) in [6, 6.07) is 8.51. The fourth-order valence-corrected chi connectivity index (χ4v) is 4.68. The predicted octanol–water partition coefficient (Wildman–Crippen LogP) is 4.79. The molecule has 9 nitrogen and oxygen atoms in total. The number of hydrogen-bond acceptors (Lipinski definition) is 7. The molecule has 0 N–H and O–H groups in total. The van der Waals surface area contributed by atoms with Crippen LogP contribution in [-0.4, -0.2) is 67.3 Å². The molecular weight excluding hydrogens is 454 g/mol. The minimum absolute atomic E-state index is 0.232. The van der Waals surface area contributed by atoms with Crippen molar-refractivity contribution in [1.82, 2.24) is 29.5 Å². The van der Waals surface area contributed by atoms with Crippen molar-refractivity contribution in [2.45, 2.75) is 59.1 Å². The van der Waals surface area contributed by atoms with E-state index < -0.39 is 5.60 Å². The highest BCUT2D eigenvalue weighted by Gasteiger charge is 2.28. The first-order chi connectivity index (χ1) is 17.1. The van der Waals surface area contributed by atoms with Gasteiger partial charge in [-0.15, -0.1) is 0 Å². The number of imidazole rings is 1. The van der Waals surface area contributed by atoms with Gasteiger partial charge in [-0.25, -0.2) is 24.3 Å². The molecule has 0 saturated carbocycles. The van der Waals surface area contributed by atoms with Gasteiger partial charge in [0.2, 0.25) is 0 Å². The second kappa shape index (κ2) is 9.04. The van der Waals surface area contributed by atoms with Gasteiger partial charge in [-0.2, -0.15) is 5.10 Å². The van der Waals surface area contributed by atoms with Crippen LogP contribution in [0.4, 0.5) is 10.5 Å². The van der Waals surface area contributed by atoms with Crippen molar-refractivity contribution in [2.75, 3.05) is 25.0 Å². The van der Waals surface area contributed by atoms with E-state index in [4.69, 9.17) is 14.8 Å². The lowest BCUT2D eigenvalue weighted by molar-refractivity contribution is 0.0205. The highest BCUT2D eigenvalue weighted by atomic mass is 16.6. The van der Waals surface area contributed by atoms with E-state index in [1.807, 2.05) is 69.7 Å². The molecule has 1 aliphatic rings. The molecule has 0 aliphatic carbocycles. The molecule has 1 aliphatic heterocycles. The Kier molecular flexibility index (Phi) is 6.02. The minimum atomic E-state index is -0.477. The van der Waals surface area contributed by atoms with E-state index in [0.717, 1.165) is 52.2 Å². The van der Waals surface area contributed by atoms with E-state index in [-0.39, 0.29) is 6.09 Å². The highest BCUT2D eigenvalue weighted by molar-refractivity contribution is 5.81. The van der Waals surface area contributed by atoms with E-state index >= 15 is 0 Å². The summed E-state index contributed by atoms with van der Waals surface area (Å²) in [7, 11) is 2.09. The number of piperidine rings is 1. The Morgan fingerprint density at radius 1 is 1.08 bits per heavy atom. The molecule has 0 spiro atoms. The lowest BCUT2D eigenvalue weighted by Gasteiger charge is -2.38. The summed E-state index contributed by atoms with van der Waals surface area (Å²) < 4.78 is 7.33. The predicted molar refractivity (Wildman–Crippen MR) is 140 cm³/mol. The molecule has 9 heteroatoms. The molecule has 0 atom stereocenters. The van der Waals surface area contributed by atoms with Crippen molar-refractivity contribution in [3.8, 4) is 11.4 Å². The minimum Gasteiger partial charge on any atom is -0.444 e. The fourth-order valence-electron chi connectivity index (χ4n) is 4.68. The maximum atomic E-state index is 12.4. The van der Waals surface area contributed by atoms with Crippen LogP contribution in [0.1, 0.15) is 44.9 Å². The van der Waals surface area contributed by atoms with Gasteiger partial charge < -0.3 is 14.5 Å². The second-order valence-corrected chi connectivity index (χ2v) is 10.6. The van der Waals surface area contributed by atoms with Gasteiger partial charge in [0.05, 0.1) is 29.5 Å². The molecule has 36 heavy (non-hydrogen) atoms. The van der Waals surface area contributed by atoms with Crippen LogP contribution < -0.4 is 4.90 Å². The molecule has 0 bridgehead atoms. The molecule has 1 fully saturated rings. The van der Waals surface area contributed by atoms with Gasteiger partial charge in [0, 0.05) is 31.6 Å². The standard InChI is InChI=1S/C27H33N7O2/c1-17-13-23(31-34-16-18(2)29-25(17)34)22-8-7-19-14-21(15-28-24(19)30-22)32(6)20-9-11-33(12-10-20)26(35)36-27(3,4)5/h7-8,13-16,20H,9-12H2,1-6H3. The van der Waals surface area contributed by atoms with E-state index in [1.54, 1.807) is 4.90 Å². The summed E-state index contributed by atoms with van der Waals surface area (Å²) in [4.78, 5) is 30.4. The first kappa shape index (κ1) is 24.0. The zero-order valence-electron chi connectivity index (χ0n) is 21.8. The van der Waals surface area contributed by atoms with Gasteiger partial charge in [-0.05, 0) is 77.3 Å². The Morgan fingerprint density at radius 2 is 1.83 bits per heavy atom. The molecule has 0 radical (unpaired) electrons. The Labute approximate surface area is 211 Å². The van der Waals surface area contributed by atoms with Crippen molar-refractivity contribution in [2.24, 2.45) is 0 Å². The van der Waals surface area contributed by atoms with Crippen LogP contribution in [0.5, 0.6) is 0 Å². The fraction of sp³-hybridized carbons (Fsp3) is 0.444. The average molecular weight is 488 g/mol. The number of hydrogen-bond donors (Lipinski definition) is 0. The Hall–Kier alpha value is -3.75. The number of anilines is 1. The summed E-state index contributed by atoms with van der Waals surface area (Å²) in [5, 5.41) is 5.67. The summed E-state index contributed by atoms with van der Waals surface area (Å²) >= 11 is 0. The molecule has 1 amide bonds. The number of nitrogens with zero attached hydrogens (tertiary/aromatic N) is 7. The number of aromatic nitrogens is 5. The number of aryl methyl sites for hydroxylation is 2. The highest BCUT2D eigenvalue weighted by Crippen LogP contribution is 2.27. The molecule has 4 aromatic heterocycles. The summed E-state index contributed by atoms with van der Waals surface area (Å²) in [5.41, 5.74) is 5.67. The van der Waals surface area contributed by atoms with Crippen molar-refractivity contribution in [1.29, 1.82) is 0 Å². The van der Waals surface area contributed by atoms with E-state index in [0.29, 0.717) is 24.8 Å². The molecule has 0 aromatic carbocycles. The van der Waals surface area contributed by atoms with Crippen LogP contribution in [0.2, 0.25) is 0 Å². The van der Waals surface area contributed by atoms with Crippen molar-refractivity contribution >= 4 is 28.5 Å². The number of fused-ring (bicyclic) bond motifs is 2. The average Bonchev–Trinajstić information content (AvgIpc) is 3.23. The van der Waals surface area contributed by atoms with Crippen LogP contribution in [0.25, 0.3) is 28.1 Å². The van der Waals surface area contributed by atoms with Crippen molar-refractivity contribution in [3.05, 3.63) is 47.9 Å². The van der Waals surface area contributed by atoms with Gasteiger partial charge >= 0.3 is 6.09 Å². The number of carbonyl (C=O) groups excluding carboxylic acids is 1.